The molecule has 0 spiro atoms. The molecule has 0 bridgehead atoms. The van der Waals surface area contributed by atoms with Crippen LogP contribution in [0.4, 0.5) is 10.2 Å². The number of aromatic nitrogens is 2. The van der Waals surface area contributed by atoms with E-state index in [4.69, 9.17) is 4.74 Å². The summed E-state index contributed by atoms with van der Waals surface area (Å²) in [5.74, 6) is 0.0140. The molecule has 5 nitrogen and oxygen atoms in total. The van der Waals surface area contributed by atoms with Gasteiger partial charge in [-0.1, -0.05) is 0 Å². The van der Waals surface area contributed by atoms with Crippen molar-refractivity contribution in [3.63, 3.8) is 0 Å². The Balaban J connectivity index is 2.05. The van der Waals surface area contributed by atoms with Crippen LogP contribution in [0.3, 0.4) is 0 Å². The Kier molecular flexibility index (Phi) is 5.03. The van der Waals surface area contributed by atoms with Crippen molar-refractivity contribution in [1.29, 1.82) is 0 Å². The van der Waals surface area contributed by atoms with Gasteiger partial charge in [-0.3, -0.25) is 4.79 Å². The molecule has 112 valence electrons. The quantitative estimate of drug-likeness (QED) is 0.829. The van der Waals surface area contributed by atoms with Gasteiger partial charge in [0.25, 0.3) is 0 Å². The maximum atomic E-state index is 13.3. The molecule has 1 atom stereocenters. The van der Waals surface area contributed by atoms with Crippen molar-refractivity contribution in [2.75, 3.05) is 11.9 Å². The summed E-state index contributed by atoms with van der Waals surface area (Å²) < 4.78 is 18.2. The maximum absolute atomic E-state index is 13.3. The Hall–Kier alpha value is -2.24. The summed E-state index contributed by atoms with van der Waals surface area (Å²) in [6.45, 7) is 4.10. The minimum atomic E-state index is -0.334. The molecule has 0 saturated carbocycles. The lowest BCUT2D eigenvalue weighted by Crippen LogP contribution is -2.18. The first-order valence-electron chi connectivity index (χ1n) is 6.92. The summed E-state index contributed by atoms with van der Waals surface area (Å²) in [6.07, 6.45) is 2.37. The van der Waals surface area contributed by atoms with E-state index in [1.165, 1.54) is 18.5 Å². The highest BCUT2D eigenvalue weighted by molar-refractivity contribution is 5.88. The topological polar surface area (TPSA) is 64.1 Å². The second kappa shape index (κ2) is 6.97. The van der Waals surface area contributed by atoms with Crippen LogP contribution in [0.2, 0.25) is 0 Å². The first-order valence-corrected chi connectivity index (χ1v) is 6.92. The number of hydrogen-bond acceptors (Lipinski definition) is 5. The molecule has 6 heteroatoms. The van der Waals surface area contributed by atoms with Crippen LogP contribution in [0, 0.1) is 5.82 Å². The molecular weight excluding hydrogens is 273 g/mol. The van der Waals surface area contributed by atoms with Crippen molar-refractivity contribution >= 4 is 22.7 Å². The summed E-state index contributed by atoms with van der Waals surface area (Å²) in [5.41, 5.74) is 0.673. The number of halogens is 1. The number of carbonyl (C=O) groups excluding carboxylic acids is 1. The van der Waals surface area contributed by atoms with Gasteiger partial charge in [-0.2, -0.15) is 0 Å². The van der Waals surface area contributed by atoms with E-state index in [0.29, 0.717) is 36.2 Å². The number of fused-ring (bicyclic) bond motifs is 1. The van der Waals surface area contributed by atoms with Gasteiger partial charge in [0.1, 0.15) is 18.0 Å². The number of benzene rings is 1. The van der Waals surface area contributed by atoms with E-state index >= 15 is 0 Å². The highest BCUT2D eigenvalue weighted by atomic mass is 19.1. The SMILES string of the molecule is CCOC(=O)CCC(C)Nc1ncnc2ccc(F)cc12. The number of ether oxygens (including phenoxy) is 1. The average molecular weight is 291 g/mol. The van der Waals surface area contributed by atoms with Crippen LogP contribution in [0.5, 0.6) is 0 Å². The van der Waals surface area contributed by atoms with E-state index < -0.39 is 0 Å². The van der Waals surface area contributed by atoms with Crippen LogP contribution in [0.25, 0.3) is 10.9 Å². The molecular formula is C15H18FN3O2. The molecule has 0 aliphatic heterocycles. The Labute approximate surface area is 122 Å². The number of nitrogens with zero attached hydrogens (tertiary/aromatic N) is 2. The minimum absolute atomic E-state index is 0.00998. The molecule has 0 saturated heterocycles. The highest BCUT2D eigenvalue weighted by Gasteiger charge is 2.10. The molecule has 0 amide bonds. The van der Waals surface area contributed by atoms with Crippen molar-refractivity contribution in [2.45, 2.75) is 32.7 Å². The van der Waals surface area contributed by atoms with Crippen molar-refractivity contribution in [3.8, 4) is 0 Å². The number of nitrogens with one attached hydrogen (secondary N) is 1. The molecule has 0 radical (unpaired) electrons. The van der Waals surface area contributed by atoms with Crippen LogP contribution in [-0.4, -0.2) is 28.6 Å². The van der Waals surface area contributed by atoms with E-state index in [2.05, 4.69) is 15.3 Å². The van der Waals surface area contributed by atoms with Gasteiger partial charge in [-0.25, -0.2) is 14.4 Å². The number of anilines is 1. The number of rotatable bonds is 6. The van der Waals surface area contributed by atoms with Gasteiger partial charge in [0.2, 0.25) is 0 Å². The van der Waals surface area contributed by atoms with E-state index in [9.17, 15) is 9.18 Å². The summed E-state index contributed by atoms with van der Waals surface area (Å²) in [7, 11) is 0. The molecule has 2 aromatic rings. The van der Waals surface area contributed by atoms with Gasteiger partial charge in [0.15, 0.2) is 0 Å². The van der Waals surface area contributed by atoms with E-state index in [1.54, 1.807) is 13.0 Å². The molecule has 1 heterocycles. The number of hydrogen-bond donors (Lipinski definition) is 1. The summed E-state index contributed by atoms with van der Waals surface area (Å²) in [4.78, 5) is 19.6. The maximum Gasteiger partial charge on any atom is 0.305 e. The van der Waals surface area contributed by atoms with E-state index in [1.807, 2.05) is 6.92 Å². The molecule has 1 N–H and O–H groups in total. The molecule has 2 rings (SSSR count). The fraction of sp³-hybridized carbons (Fsp3) is 0.400. The number of esters is 1. The Morgan fingerprint density at radius 2 is 2.24 bits per heavy atom. The average Bonchev–Trinajstić information content (AvgIpc) is 2.46. The molecule has 1 aromatic heterocycles. The van der Waals surface area contributed by atoms with Crippen molar-refractivity contribution in [2.24, 2.45) is 0 Å². The Morgan fingerprint density at radius 3 is 3.00 bits per heavy atom. The fourth-order valence-electron chi connectivity index (χ4n) is 2.02. The van der Waals surface area contributed by atoms with Crippen molar-refractivity contribution in [3.05, 3.63) is 30.3 Å². The predicted octanol–water partition coefficient (Wildman–Crippen LogP) is 2.91. The molecule has 0 fully saturated rings. The van der Waals surface area contributed by atoms with Gasteiger partial charge in [0, 0.05) is 17.8 Å². The molecule has 0 aliphatic rings. The minimum Gasteiger partial charge on any atom is -0.466 e. The normalized spacial score (nSPS) is 12.1. The van der Waals surface area contributed by atoms with Crippen LogP contribution >= 0.6 is 0 Å². The smallest absolute Gasteiger partial charge is 0.305 e. The third-order valence-corrected chi connectivity index (χ3v) is 3.07. The van der Waals surface area contributed by atoms with E-state index in [0.717, 1.165) is 0 Å². The molecule has 0 aliphatic carbocycles. The summed E-state index contributed by atoms with van der Waals surface area (Å²) >= 11 is 0. The zero-order chi connectivity index (χ0) is 15.2. The van der Waals surface area contributed by atoms with Gasteiger partial charge in [-0.05, 0) is 38.5 Å². The lowest BCUT2D eigenvalue weighted by molar-refractivity contribution is -0.143. The Morgan fingerprint density at radius 1 is 1.43 bits per heavy atom. The summed E-state index contributed by atoms with van der Waals surface area (Å²) in [6, 6.07) is 4.38. The van der Waals surface area contributed by atoms with Crippen LogP contribution in [-0.2, 0) is 9.53 Å². The number of carbonyl (C=O) groups is 1. The second-order valence-electron chi connectivity index (χ2n) is 4.77. The van der Waals surface area contributed by atoms with Gasteiger partial charge >= 0.3 is 5.97 Å². The Bertz CT molecular complexity index is 633. The summed E-state index contributed by atoms with van der Waals surface area (Å²) in [5, 5.41) is 3.81. The predicted molar refractivity (Wildman–Crippen MR) is 78.4 cm³/mol. The first kappa shape index (κ1) is 15.2. The van der Waals surface area contributed by atoms with Crippen molar-refractivity contribution in [1.82, 2.24) is 9.97 Å². The van der Waals surface area contributed by atoms with Gasteiger partial charge < -0.3 is 10.1 Å². The molecule has 21 heavy (non-hydrogen) atoms. The van der Waals surface area contributed by atoms with Crippen LogP contribution in [0.15, 0.2) is 24.5 Å². The highest BCUT2D eigenvalue weighted by Crippen LogP contribution is 2.21. The zero-order valence-electron chi connectivity index (χ0n) is 12.1. The van der Waals surface area contributed by atoms with E-state index in [-0.39, 0.29) is 17.8 Å². The lowest BCUT2D eigenvalue weighted by atomic mass is 10.1. The van der Waals surface area contributed by atoms with Gasteiger partial charge in [0.05, 0.1) is 12.1 Å². The van der Waals surface area contributed by atoms with Gasteiger partial charge in [-0.15, -0.1) is 0 Å². The molecule has 1 unspecified atom stereocenters. The van der Waals surface area contributed by atoms with Crippen LogP contribution < -0.4 is 5.32 Å². The first-order chi connectivity index (χ1) is 10.1. The zero-order valence-corrected chi connectivity index (χ0v) is 12.1. The standard InChI is InChI=1S/C15H18FN3O2/c1-3-21-14(20)7-4-10(2)19-15-12-8-11(16)5-6-13(12)17-9-18-15/h5-6,8-10H,3-4,7H2,1-2H3,(H,17,18,19). The monoisotopic (exact) mass is 291 g/mol. The lowest BCUT2D eigenvalue weighted by Gasteiger charge is -2.15. The third-order valence-electron chi connectivity index (χ3n) is 3.07. The molecule has 1 aromatic carbocycles. The van der Waals surface area contributed by atoms with Crippen LogP contribution in [0.1, 0.15) is 26.7 Å². The second-order valence-corrected chi connectivity index (χ2v) is 4.77. The largest absolute Gasteiger partial charge is 0.466 e. The third kappa shape index (κ3) is 4.11. The fourth-order valence-corrected chi connectivity index (χ4v) is 2.02. The van der Waals surface area contributed by atoms with Crippen molar-refractivity contribution < 1.29 is 13.9 Å².